The van der Waals surface area contributed by atoms with Crippen molar-refractivity contribution in [2.75, 3.05) is 6.54 Å². The third kappa shape index (κ3) is 2.85. The van der Waals surface area contributed by atoms with Crippen molar-refractivity contribution < 1.29 is 9.21 Å². The highest BCUT2D eigenvalue weighted by Gasteiger charge is 2.24. The van der Waals surface area contributed by atoms with E-state index in [-0.39, 0.29) is 5.91 Å². The van der Waals surface area contributed by atoms with Crippen LogP contribution in [0.3, 0.4) is 0 Å². The predicted octanol–water partition coefficient (Wildman–Crippen LogP) is 1.51. The van der Waals surface area contributed by atoms with Gasteiger partial charge in [0.05, 0.1) is 19.4 Å². The van der Waals surface area contributed by atoms with Crippen molar-refractivity contribution in [1.29, 1.82) is 0 Å². The van der Waals surface area contributed by atoms with Crippen molar-refractivity contribution in [3.63, 3.8) is 0 Å². The van der Waals surface area contributed by atoms with Crippen molar-refractivity contribution in [3.8, 4) is 0 Å². The molecule has 0 unspecified atom stereocenters. The Morgan fingerprint density at radius 2 is 2.25 bits per heavy atom. The second kappa shape index (κ2) is 5.16. The Morgan fingerprint density at radius 3 is 2.81 bits per heavy atom. The maximum Gasteiger partial charge on any atom is 0.231 e. The van der Waals surface area contributed by atoms with Crippen molar-refractivity contribution in [1.82, 2.24) is 4.90 Å². The van der Waals surface area contributed by atoms with Crippen molar-refractivity contribution >= 4 is 5.91 Å². The molecule has 4 nitrogen and oxygen atoms in total. The van der Waals surface area contributed by atoms with E-state index in [1.54, 1.807) is 6.26 Å². The maximum atomic E-state index is 11.0. The van der Waals surface area contributed by atoms with Gasteiger partial charge in [0.1, 0.15) is 5.76 Å². The van der Waals surface area contributed by atoms with Gasteiger partial charge in [-0.05, 0) is 25.0 Å². The zero-order valence-corrected chi connectivity index (χ0v) is 9.39. The molecule has 2 rings (SSSR count). The van der Waals surface area contributed by atoms with Gasteiger partial charge in [0.25, 0.3) is 0 Å². The van der Waals surface area contributed by atoms with Crippen LogP contribution in [0.25, 0.3) is 0 Å². The van der Waals surface area contributed by atoms with E-state index in [1.165, 1.54) is 12.8 Å². The summed E-state index contributed by atoms with van der Waals surface area (Å²) in [5, 5.41) is 0. The molecule has 1 amide bonds. The molecule has 2 N–H and O–H groups in total. The quantitative estimate of drug-likeness (QED) is 0.821. The van der Waals surface area contributed by atoms with E-state index in [9.17, 15) is 4.79 Å². The number of hydrogen-bond donors (Lipinski definition) is 1. The summed E-state index contributed by atoms with van der Waals surface area (Å²) in [6.45, 7) is 1.01. The highest BCUT2D eigenvalue weighted by Crippen LogP contribution is 2.24. The van der Waals surface area contributed by atoms with Crippen LogP contribution in [0.1, 0.15) is 31.4 Å². The number of carbonyl (C=O) groups excluding carboxylic acids is 1. The topological polar surface area (TPSA) is 59.5 Å². The Hall–Kier alpha value is -1.29. The largest absolute Gasteiger partial charge is 0.468 e. The standard InChI is InChI=1S/C12H18N2O2/c13-12(15)9-14(10-4-1-2-5-10)8-11-6-3-7-16-11/h3,6-7,10H,1-2,4-5,8-9H2,(H2,13,15). The summed E-state index contributed by atoms with van der Waals surface area (Å²) in [5.41, 5.74) is 5.28. The van der Waals surface area contributed by atoms with Crippen LogP contribution in [0.5, 0.6) is 0 Å². The van der Waals surface area contributed by atoms with Gasteiger partial charge in [-0.3, -0.25) is 9.69 Å². The van der Waals surface area contributed by atoms with Crippen LogP contribution in [-0.2, 0) is 11.3 Å². The lowest BCUT2D eigenvalue weighted by atomic mass is 10.2. The molecule has 4 heteroatoms. The van der Waals surface area contributed by atoms with Gasteiger partial charge in [0, 0.05) is 6.04 Å². The SMILES string of the molecule is NC(=O)CN(Cc1ccco1)C1CCCC1. The van der Waals surface area contributed by atoms with Crippen LogP contribution >= 0.6 is 0 Å². The van der Waals surface area contributed by atoms with Crippen molar-refractivity contribution in [2.24, 2.45) is 5.73 Å². The van der Waals surface area contributed by atoms with Crippen LogP contribution in [-0.4, -0.2) is 23.4 Å². The van der Waals surface area contributed by atoms with E-state index < -0.39 is 0 Å². The van der Waals surface area contributed by atoms with Gasteiger partial charge in [0.15, 0.2) is 0 Å². The smallest absolute Gasteiger partial charge is 0.231 e. The van der Waals surface area contributed by atoms with E-state index in [0.29, 0.717) is 19.1 Å². The lowest BCUT2D eigenvalue weighted by molar-refractivity contribution is -0.119. The first-order chi connectivity index (χ1) is 7.75. The molecule has 16 heavy (non-hydrogen) atoms. The first-order valence-electron chi connectivity index (χ1n) is 5.80. The number of primary amides is 1. The van der Waals surface area contributed by atoms with E-state index >= 15 is 0 Å². The minimum atomic E-state index is -0.265. The molecule has 1 aromatic rings. The van der Waals surface area contributed by atoms with Crippen LogP contribution in [0.15, 0.2) is 22.8 Å². The number of rotatable bonds is 5. The molecule has 0 aromatic carbocycles. The Bertz CT molecular complexity index is 329. The summed E-state index contributed by atoms with van der Waals surface area (Å²) in [5.74, 6) is 0.631. The fourth-order valence-corrected chi connectivity index (χ4v) is 2.39. The second-order valence-corrected chi connectivity index (χ2v) is 4.39. The minimum Gasteiger partial charge on any atom is -0.468 e. The van der Waals surface area contributed by atoms with Crippen LogP contribution < -0.4 is 5.73 Å². The molecule has 0 saturated heterocycles. The summed E-state index contributed by atoms with van der Waals surface area (Å²) >= 11 is 0. The Labute approximate surface area is 95.4 Å². The zero-order valence-electron chi connectivity index (χ0n) is 9.39. The first kappa shape index (κ1) is 11.2. The number of hydrogen-bond acceptors (Lipinski definition) is 3. The average Bonchev–Trinajstić information content (AvgIpc) is 2.88. The number of nitrogens with zero attached hydrogens (tertiary/aromatic N) is 1. The fourth-order valence-electron chi connectivity index (χ4n) is 2.39. The third-order valence-corrected chi connectivity index (χ3v) is 3.14. The van der Waals surface area contributed by atoms with Gasteiger partial charge in [-0.15, -0.1) is 0 Å². The van der Waals surface area contributed by atoms with Gasteiger partial charge >= 0.3 is 0 Å². The number of furan rings is 1. The highest BCUT2D eigenvalue weighted by atomic mass is 16.3. The lowest BCUT2D eigenvalue weighted by Crippen LogP contribution is -2.39. The molecule has 0 bridgehead atoms. The summed E-state index contributed by atoms with van der Waals surface area (Å²) < 4.78 is 5.31. The normalized spacial score (nSPS) is 17.1. The number of amides is 1. The minimum absolute atomic E-state index is 0.265. The predicted molar refractivity (Wildman–Crippen MR) is 60.6 cm³/mol. The number of nitrogens with two attached hydrogens (primary N) is 1. The van der Waals surface area contributed by atoms with E-state index in [0.717, 1.165) is 18.6 Å². The van der Waals surface area contributed by atoms with Gasteiger partial charge < -0.3 is 10.2 Å². The monoisotopic (exact) mass is 222 g/mol. The lowest BCUT2D eigenvalue weighted by Gasteiger charge is -2.26. The molecule has 0 aliphatic heterocycles. The summed E-state index contributed by atoms with van der Waals surface area (Å²) in [6.07, 6.45) is 6.48. The van der Waals surface area contributed by atoms with Gasteiger partial charge in [-0.2, -0.15) is 0 Å². The molecule has 1 aromatic heterocycles. The van der Waals surface area contributed by atoms with E-state index in [4.69, 9.17) is 10.2 Å². The number of carbonyl (C=O) groups is 1. The zero-order chi connectivity index (χ0) is 11.4. The Balaban J connectivity index is 1.98. The van der Waals surface area contributed by atoms with Crippen LogP contribution in [0, 0.1) is 0 Å². The third-order valence-electron chi connectivity index (χ3n) is 3.14. The average molecular weight is 222 g/mol. The van der Waals surface area contributed by atoms with Gasteiger partial charge in [-0.25, -0.2) is 0 Å². The molecule has 1 saturated carbocycles. The molecule has 1 aliphatic carbocycles. The molecule has 1 heterocycles. The Kier molecular flexibility index (Phi) is 3.62. The molecule has 88 valence electrons. The molecule has 1 fully saturated rings. The second-order valence-electron chi connectivity index (χ2n) is 4.39. The van der Waals surface area contributed by atoms with E-state index in [2.05, 4.69) is 4.90 Å². The molecule has 0 atom stereocenters. The summed E-state index contributed by atoms with van der Waals surface area (Å²) in [6, 6.07) is 4.28. The van der Waals surface area contributed by atoms with Crippen molar-refractivity contribution in [3.05, 3.63) is 24.2 Å². The maximum absolute atomic E-state index is 11.0. The Morgan fingerprint density at radius 1 is 1.50 bits per heavy atom. The molecular formula is C12H18N2O2. The summed E-state index contributed by atoms with van der Waals surface area (Å²) in [4.78, 5) is 13.2. The molecule has 0 radical (unpaired) electrons. The summed E-state index contributed by atoms with van der Waals surface area (Å²) in [7, 11) is 0. The highest BCUT2D eigenvalue weighted by molar-refractivity contribution is 5.75. The van der Waals surface area contributed by atoms with Crippen molar-refractivity contribution in [2.45, 2.75) is 38.3 Å². The van der Waals surface area contributed by atoms with Crippen LogP contribution in [0.4, 0.5) is 0 Å². The fraction of sp³-hybridized carbons (Fsp3) is 0.583. The van der Waals surface area contributed by atoms with Gasteiger partial charge in [-0.1, -0.05) is 12.8 Å². The first-order valence-corrected chi connectivity index (χ1v) is 5.80. The molecule has 1 aliphatic rings. The molecular weight excluding hydrogens is 204 g/mol. The van der Waals surface area contributed by atoms with Crippen LogP contribution in [0.2, 0.25) is 0 Å². The van der Waals surface area contributed by atoms with E-state index in [1.807, 2.05) is 12.1 Å². The van der Waals surface area contributed by atoms with Gasteiger partial charge in [0.2, 0.25) is 5.91 Å². The molecule has 0 spiro atoms.